The van der Waals surface area contributed by atoms with Crippen molar-refractivity contribution in [2.24, 2.45) is 0 Å². The van der Waals surface area contributed by atoms with Crippen molar-refractivity contribution in [1.82, 2.24) is 14.9 Å². The molecule has 4 aromatic rings. The third-order valence-corrected chi connectivity index (χ3v) is 7.68. The lowest BCUT2D eigenvalue weighted by Gasteiger charge is -2.32. The maximum absolute atomic E-state index is 11.9. The minimum Gasteiger partial charge on any atom is -0.379 e. The number of nitrogens with one attached hydrogen (secondary N) is 1. The molecule has 1 aromatic heterocycles. The minimum absolute atomic E-state index is 0.521. The van der Waals surface area contributed by atoms with E-state index in [9.17, 15) is 8.42 Å². The number of thiol groups is 1. The molecule has 0 bridgehead atoms. The summed E-state index contributed by atoms with van der Waals surface area (Å²) in [6, 6.07) is 21.9. The van der Waals surface area contributed by atoms with Gasteiger partial charge in [0.2, 0.25) is 16.8 Å². The van der Waals surface area contributed by atoms with Crippen molar-refractivity contribution in [3.8, 4) is 11.1 Å². The van der Waals surface area contributed by atoms with Crippen molar-refractivity contribution in [1.29, 1.82) is 0 Å². The first-order valence-corrected chi connectivity index (χ1v) is 13.9. The molecule has 1 saturated heterocycles. The zero-order chi connectivity index (χ0) is 26.7. The summed E-state index contributed by atoms with van der Waals surface area (Å²) in [5.41, 5.74) is 4.97. The highest BCUT2D eigenvalue weighted by atomic mass is 32.2. The fourth-order valence-corrected chi connectivity index (χ4v) is 5.56. The van der Waals surface area contributed by atoms with Crippen LogP contribution in [0.2, 0.25) is 0 Å². The molecule has 1 fully saturated rings. The largest absolute Gasteiger partial charge is 0.379 e. The quantitative estimate of drug-likeness (QED) is 0.324. The molecule has 0 saturated carbocycles. The van der Waals surface area contributed by atoms with Gasteiger partial charge in [0.15, 0.2) is 0 Å². The topological polar surface area (TPSA) is 87.7 Å². The van der Waals surface area contributed by atoms with Gasteiger partial charge >= 0.3 is 0 Å². The number of para-hydroxylation sites is 1. The number of rotatable bonds is 7. The normalized spacial score (nSPS) is 14.6. The van der Waals surface area contributed by atoms with Gasteiger partial charge in [0.1, 0.15) is 0 Å². The van der Waals surface area contributed by atoms with Crippen LogP contribution < -0.4 is 9.62 Å². The lowest BCUT2D eigenvalue weighted by molar-refractivity contribution is 0.0342. The monoisotopic (exact) mass is 531 g/mol. The molecule has 0 amide bonds. The first-order valence-electron chi connectivity index (χ1n) is 12.7. The summed E-state index contributed by atoms with van der Waals surface area (Å²) < 4.78 is 30.7. The second-order valence-electron chi connectivity index (χ2n) is 10.4. The molecule has 5 rings (SSSR count). The molecule has 0 atom stereocenters. The van der Waals surface area contributed by atoms with Crippen LogP contribution in [0.3, 0.4) is 0 Å². The molecule has 1 N–H and O–H groups in total. The summed E-state index contributed by atoms with van der Waals surface area (Å²) in [4.78, 5) is 11.8. The standard InChI is InChI=1S/C29H33N5O3S/c1-29(2,3)34(38(35)36)25-12-10-22(11-13-25)26-9-5-7-23-19-30-28(32-27(23)26)31-24-8-4-6-21(18-24)20-33-14-16-37-17-15-33/h4-13,18-19,38H,14-17,20H2,1-3H3,(H,30,31,32). The number of morpholine rings is 1. The average molecular weight is 532 g/mol. The fourth-order valence-electron chi connectivity index (χ4n) is 4.75. The SMILES string of the molecule is CC(C)(C)N(c1ccc(-c2cccc3cnc(Nc4cccc(CN5CCOCC5)c4)nc23)cc1)[SH](=O)=O. The molecule has 0 unspecified atom stereocenters. The number of ether oxygens (including phenoxy) is 1. The van der Waals surface area contributed by atoms with Gasteiger partial charge in [-0.25, -0.2) is 18.4 Å². The number of anilines is 3. The predicted molar refractivity (Wildman–Crippen MR) is 153 cm³/mol. The summed E-state index contributed by atoms with van der Waals surface area (Å²) in [5.74, 6) is 0.521. The molecule has 0 radical (unpaired) electrons. The maximum Gasteiger partial charge on any atom is 0.227 e. The van der Waals surface area contributed by atoms with Crippen LogP contribution in [0.4, 0.5) is 17.3 Å². The van der Waals surface area contributed by atoms with Crippen LogP contribution in [0.25, 0.3) is 22.0 Å². The third-order valence-electron chi connectivity index (χ3n) is 6.53. The molecule has 0 aliphatic carbocycles. The van der Waals surface area contributed by atoms with Crippen LogP contribution in [0, 0.1) is 0 Å². The van der Waals surface area contributed by atoms with Crippen LogP contribution >= 0.6 is 0 Å². The Kier molecular flexibility index (Phi) is 7.60. The summed E-state index contributed by atoms with van der Waals surface area (Å²) in [6.45, 7) is 9.95. The lowest BCUT2D eigenvalue weighted by atomic mass is 10.0. The van der Waals surface area contributed by atoms with Crippen molar-refractivity contribution in [3.63, 3.8) is 0 Å². The zero-order valence-corrected chi connectivity index (χ0v) is 22.8. The molecule has 8 nitrogen and oxygen atoms in total. The van der Waals surface area contributed by atoms with Crippen molar-refractivity contribution >= 4 is 39.1 Å². The van der Waals surface area contributed by atoms with E-state index in [2.05, 4.69) is 27.3 Å². The number of hydrogen-bond donors (Lipinski definition) is 2. The van der Waals surface area contributed by atoms with E-state index < -0.39 is 16.4 Å². The van der Waals surface area contributed by atoms with E-state index in [1.165, 1.54) is 9.87 Å². The summed E-state index contributed by atoms with van der Waals surface area (Å²) in [6.07, 6.45) is 1.82. The van der Waals surface area contributed by atoms with E-state index in [1.54, 1.807) is 0 Å². The Balaban J connectivity index is 1.41. The van der Waals surface area contributed by atoms with Gasteiger partial charge in [-0.2, -0.15) is 0 Å². The van der Waals surface area contributed by atoms with Crippen LogP contribution in [0.1, 0.15) is 26.3 Å². The van der Waals surface area contributed by atoms with Gasteiger partial charge in [-0.1, -0.05) is 42.5 Å². The third kappa shape index (κ3) is 5.96. The number of nitrogens with zero attached hydrogens (tertiary/aromatic N) is 4. The molecule has 0 spiro atoms. The Bertz CT molecular complexity index is 1480. The Labute approximate surface area is 225 Å². The van der Waals surface area contributed by atoms with Gasteiger partial charge < -0.3 is 10.1 Å². The Morgan fingerprint density at radius 3 is 2.45 bits per heavy atom. The molecule has 1 aliphatic heterocycles. The predicted octanol–water partition coefficient (Wildman–Crippen LogP) is 5.00. The van der Waals surface area contributed by atoms with E-state index in [-0.39, 0.29) is 0 Å². The molecule has 198 valence electrons. The van der Waals surface area contributed by atoms with E-state index in [0.29, 0.717) is 11.6 Å². The lowest BCUT2D eigenvalue weighted by Crippen LogP contribution is -2.40. The number of hydrogen-bond acceptors (Lipinski definition) is 7. The molecular formula is C29H33N5O3S. The van der Waals surface area contributed by atoms with Gasteiger partial charge in [-0.15, -0.1) is 0 Å². The Morgan fingerprint density at radius 1 is 1.00 bits per heavy atom. The van der Waals surface area contributed by atoms with Crippen molar-refractivity contribution in [3.05, 3.63) is 78.5 Å². The van der Waals surface area contributed by atoms with Crippen LogP contribution in [0.15, 0.2) is 72.9 Å². The Hall–Kier alpha value is -3.53. The van der Waals surface area contributed by atoms with Gasteiger partial charge in [0.05, 0.1) is 24.4 Å². The van der Waals surface area contributed by atoms with Crippen LogP contribution in [-0.2, 0) is 22.2 Å². The summed E-state index contributed by atoms with van der Waals surface area (Å²) in [7, 11) is -2.76. The molecule has 3 aromatic carbocycles. The fraction of sp³-hybridized carbons (Fsp3) is 0.310. The molecule has 1 aliphatic rings. The van der Waals surface area contributed by atoms with Gasteiger partial charge in [-0.05, 0) is 56.2 Å². The zero-order valence-electron chi connectivity index (χ0n) is 21.9. The number of benzene rings is 3. The Morgan fingerprint density at radius 2 is 1.74 bits per heavy atom. The van der Waals surface area contributed by atoms with Crippen molar-refractivity contribution < 1.29 is 13.2 Å². The second kappa shape index (κ2) is 11.1. The van der Waals surface area contributed by atoms with E-state index >= 15 is 0 Å². The number of aromatic nitrogens is 2. The first-order chi connectivity index (χ1) is 18.3. The van der Waals surface area contributed by atoms with Crippen LogP contribution in [0.5, 0.6) is 0 Å². The van der Waals surface area contributed by atoms with E-state index in [4.69, 9.17) is 9.72 Å². The maximum atomic E-state index is 11.9. The van der Waals surface area contributed by atoms with E-state index in [0.717, 1.165) is 60.6 Å². The second-order valence-corrected chi connectivity index (χ2v) is 11.3. The van der Waals surface area contributed by atoms with Gasteiger partial charge in [0, 0.05) is 48.0 Å². The molecule has 2 heterocycles. The van der Waals surface area contributed by atoms with Crippen molar-refractivity contribution in [2.75, 3.05) is 35.9 Å². The molecule has 9 heteroatoms. The van der Waals surface area contributed by atoms with E-state index in [1.807, 2.05) is 81.6 Å². The van der Waals surface area contributed by atoms with Gasteiger partial charge in [-0.3, -0.25) is 9.21 Å². The smallest absolute Gasteiger partial charge is 0.227 e. The van der Waals surface area contributed by atoms with Crippen LogP contribution in [-0.4, -0.2) is 55.1 Å². The summed E-state index contributed by atoms with van der Waals surface area (Å²) in [5, 5.41) is 4.29. The summed E-state index contributed by atoms with van der Waals surface area (Å²) >= 11 is 0. The number of fused-ring (bicyclic) bond motifs is 1. The highest BCUT2D eigenvalue weighted by molar-refractivity contribution is 7.74. The first kappa shape index (κ1) is 26.1. The highest BCUT2D eigenvalue weighted by Gasteiger charge is 2.24. The van der Waals surface area contributed by atoms with Gasteiger partial charge in [0.25, 0.3) is 0 Å². The average Bonchev–Trinajstić information content (AvgIpc) is 2.89. The highest BCUT2D eigenvalue weighted by Crippen LogP contribution is 2.31. The minimum atomic E-state index is -2.76. The van der Waals surface area contributed by atoms with Crippen molar-refractivity contribution in [2.45, 2.75) is 32.9 Å². The molecular weight excluding hydrogens is 498 g/mol. The molecule has 38 heavy (non-hydrogen) atoms.